The third-order valence-corrected chi connectivity index (χ3v) is 9.22. The Bertz CT molecular complexity index is 2260. The Kier molecular flexibility index (Phi) is 7.30. The van der Waals surface area contributed by atoms with E-state index in [1.165, 1.54) is 48.8 Å². The van der Waals surface area contributed by atoms with Gasteiger partial charge in [0, 0.05) is 40.7 Å². The first-order valence-electron chi connectivity index (χ1n) is 13.3. The number of sulfonamides is 1. The first-order valence-corrected chi connectivity index (χ1v) is 16.6. The van der Waals surface area contributed by atoms with E-state index >= 15 is 0 Å². The first-order chi connectivity index (χ1) is 20.9. The fourth-order valence-electron chi connectivity index (χ4n) is 4.87. The van der Waals surface area contributed by atoms with E-state index in [0.717, 1.165) is 21.9 Å². The van der Waals surface area contributed by atoms with Crippen molar-refractivity contribution in [2.45, 2.75) is 18.4 Å². The minimum Gasteiger partial charge on any atom is -0.281 e. The Balaban J connectivity index is 1.50. The number of aryl methyl sites for hydroxylation is 1. The van der Waals surface area contributed by atoms with Gasteiger partial charge >= 0.3 is 0 Å². The van der Waals surface area contributed by atoms with Gasteiger partial charge in [-0.15, -0.1) is 0 Å². The standard InChI is InChI=1S/C31H25F2N5O4S2/c1-20-6-9-26(10-7-20)44(41,42)38-19-28(24-16-35-37(18-24)17-21-4-3-5-25(32)12-21)27-13-23(15-34-31(27)38)22-8-11-29(33)30(14-22)36-43(2,39)40/h3-16,18-19,36H,17H2,1-2H3. The molecule has 0 aliphatic rings. The van der Waals surface area contributed by atoms with Gasteiger partial charge in [-0.05, 0) is 60.5 Å². The molecule has 6 aromatic rings. The summed E-state index contributed by atoms with van der Waals surface area (Å²) in [5.41, 5.74) is 3.56. The molecule has 0 aliphatic heterocycles. The van der Waals surface area contributed by atoms with Gasteiger partial charge in [0.25, 0.3) is 10.0 Å². The lowest BCUT2D eigenvalue weighted by Crippen LogP contribution is -2.12. The smallest absolute Gasteiger partial charge is 0.269 e. The molecule has 224 valence electrons. The van der Waals surface area contributed by atoms with Crippen LogP contribution in [0.2, 0.25) is 0 Å². The molecule has 3 heterocycles. The molecule has 0 aliphatic carbocycles. The average Bonchev–Trinajstić information content (AvgIpc) is 3.58. The van der Waals surface area contributed by atoms with Crippen molar-refractivity contribution in [2.24, 2.45) is 0 Å². The minimum atomic E-state index is -4.07. The van der Waals surface area contributed by atoms with Gasteiger partial charge in [0.1, 0.15) is 11.6 Å². The number of fused-ring (bicyclic) bond motifs is 1. The molecule has 3 aromatic heterocycles. The topological polar surface area (TPSA) is 116 Å². The second kappa shape index (κ2) is 11.0. The maximum Gasteiger partial charge on any atom is 0.269 e. The third-order valence-electron chi connectivity index (χ3n) is 6.96. The highest BCUT2D eigenvalue weighted by Crippen LogP contribution is 2.35. The van der Waals surface area contributed by atoms with Crippen molar-refractivity contribution in [2.75, 3.05) is 11.0 Å². The van der Waals surface area contributed by atoms with Crippen molar-refractivity contribution in [3.63, 3.8) is 0 Å². The van der Waals surface area contributed by atoms with Gasteiger partial charge in [-0.1, -0.05) is 35.9 Å². The molecule has 0 spiro atoms. The number of rotatable bonds is 8. The van der Waals surface area contributed by atoms with Crippen molar-refractivity contribution in [1.29, 1.82) is 0 Å². The molecule has 0 fully saturated rings. The van der Waals surface area contributed by atoms with E-state index in [0.29, 0.717) is 33.2 Å². The number of benzene rings is 3. The summed E-state index contributed by atoms with van der Waals surface area (Å²) >= 11 is 0. The molecule has 0 bridgehead atoms. The number of hydrogen-bond acceptors (Lipinski definition) is 6. The van der Waals surface area contributed by atoms with Gasteiger partial charge in [0.2, 0.25) is 10.0 Å². The first kappa shape index (κ1) is 29.2. The van der Waals surface area contributed by atoms with Crippen LogP contribution in [-0.2, 0) is 26.6 Å². The number of nitrogens with one attached hydrogen (secondary N) is 1. The summed E-state index contributed by atoms with van der Waals surface area (Å²) in [7, 11) is -7.81. The molecule has 6 rings (SSSR count). The van der Waals surface area contributed by atoms with Gasteiger partial charge in [-0.3, -0.25) is 9.40 Å². The maximum atomic E-state index is 14.4. The predicted molar refractivity (Wildman–Crippen MR) is 164 cm³/mol. The third kappa shape index (κ3) is 5.83. The molecule has 13 heteroatoms. The molecule has 0 atom stereocenters. The van der Waals surface area contributed by atoms with E-state index in [-0.39, 0.29) is 28.6 Å². The van der Waals surface area contributed by atoms with Crippen molar-refractivity contribution < 1.29 is 25.6 Å². The molecule has 0 saturated heterocycles. The second-order valence-corrected chi connectivity index (χ2v) is 13.9. The lowest BCUT2D eigenvalue weighted by atomic mass is 10.0. The number of anilines is 1. The van der Waals surface area contributed by atoms with Gasteiger partial charge in [0.15, 0.2) is 5.65 Å². The Hall–Kier alpha value is -4.88. The Labute approximate surface area is 252 Å². The van der Waals surface area contributed by atoms with Gasteiger partial charge in [-0.25, -0.2) is 34.6 Å². The predicted octanol–water partition coefficient (Wildman–Crippen LogP) is 5.81. The van der Waals surface area contributed by atoms with E-state index in [9.17, 15) is 25.6 Å². The summed E-state index contributed by atoms with van der Waals surface area (Å²) in [6, 6.07) is 18.3. The summed E-state index contributed by atoms with van der Waals surface area (Å²) in [4.78, 5) is 4.58. The number of hydrogen-bond donors (Lipinski definition) is 1. The molecular formula is C31H25F2N5O4S2. The van der Waals surface area contributed by atoms with Gasteiger partial charge in [0.05, 0.1) is 29.6 Å². The highest BCUT2D eigenvalue weighted by molar-refractivity contribution is 7.92. The van der Waals surface area contributed by atoms with Crippen LogP contribution < -0.4 is 4.72 Å². The maximum absolute atomic E-state index is 14.4. The summed E-state index contributed by atoms with van der Waals surface area (Å²) in [5.74, 6) is -1.12. The van der Waals surface area contributed by atoms with Crippen LogP contribution in [0.1, 0.15) is 11.1 Å². The largest absolute Gasteiger partial charge is 0.281 e. The number of aromatic nitrogens is 4. The second-order valence-electron chi connectivity index (χ2n) is 10.4. The quantitative estimate of drug-likeness (QED) is 0.226. The van der Waals surface area contributed by atoms with Crippen molar-refractivity contribution in [1.82, 2.24) is 18.7 Å². The van der Waals surface area contributed by atoms with Gasteiger partial charge in [-0.2, -0.15) is 5.10 Å². The monoisotopic (exact) mass is 633 g/mol. The van der Waals surface area contributed by atoms with Crippen LogP contribution in [0.25, 0.3) is 33.3 Å². The van der Waals surface area contributed by atoms with Crippen LogP contribution in [0.15, 0.2) is 102 Å². The molecule has 1 N–H and O–H groups in total. The SMILES string of the molecule is Cc1ccc(S(=O)(=O)n2cc(-c3cnn(Cc4cccc(F)c4)c3)c3cc(-c4ccc(F)c(NS(C)(=O)=O)c4)cnc32)cc1. The number of pyridine rings is 1. The zero-order valence-corrected chi connectivity index (χ0v) is 25.1. The van der Waals surface area contributed by atoms with Crippen molar-refractivity contribution >= 4 is 36.8 Å². The Morgan fingerprint density at radius 3 is 2.34 bits per heavy atom. The molecular weight excluding hydrogens is 609 g/mol. The van der Waals surface area contributed by atoms with Crippen molar-refractivity contribution in [3.8, 4) is 22.3 Å². The van der Waals surface area contributed by atoms with E-state index in [2.05, 4.69) is 14.8 Å². The molecule has 44 heavy (non-hydrogen) atoms. The van der Waals surface area contributed by atoms with Gasteiger partial charge < -0.3 is 0 Å². The van der Waals surface area contributed by atoms with E-state index < -0.39 is 25.9 Å². The van der Waals surface area contributed by atoms with E-state index in [1.807, 2.05) is 6.92 Å². The average molecular weight is 634 g/mol. The van der Waals surface area contributed by atoms with Crippen LogP contribution in [0.4, 0.5) is 14.5 Å². The summed E-state index contributed by atoms with van der Waals surface area (Å²) in [6.07, 6.45) is 7.14. The van der Waals surface area contributed by atoms with Crippen molar-refractivity contribution in [3.05, 3.63) is 120 Å². The Morgan fingerprint density at radius 1 is 0.841 bits per heavy atom. The highest BCUT2D eigenvalue weighted by Gasteiger charge is 2.24. The van der Waals surface area contributed by atoms with E-state index in [4.69, 9.17) is 0 Å². The molecule has 3 aromatic carbocycles. The van der Waals surface area contributed by atoms with Crippen LogP contribution in [0.3, 0.4) is 0 Å². The number of nitrogens with zero attached hydrogens (tertiary/aromatic N) is 4. The minimum absolute atomic E-state index is 0.0780. The van der Waals surface area contributed by atoms with Crippen LogP contribution >= 0.6 is 0 Å². The molecule has 0 radical (unpaired) electrons. The van der Waals surface area contributed by atoms with Crippen LogP contribution in [0.5, 0.6) is 0 Å². The lowest BCUT2D eigenvalue weighted by Gasteiger charge is -2.10. The normalized spacial score (nSPS) is 12.1. The Morgan fingerprint density at radius 2 is 1.61 bits per heavy atom. The zero-order chi connectivity index (χ0) is 31.2. The zero-order valence-electron chi connectivity index (χ0n) is 23.4. The molecule has 0 unspecified atom stereocenters. The number of halogens is 2. The fraction of sp³-hybridized carbons (Fsp3) is 0.0968. The summed E-state index contributed by atoms with van der Waals surface area (Å²) in [6.45, 7) is 2.14. The molecule has 9 nitrogen and oxygen atoms in total. The van der Waals surface area contributed by atoms with Crippen LogP contribution in [-0.4, -0.2) is 41.8 Å². The summed E-state index contributed by atoms with van der Waals surface area (Å²) < 4.78 is 84.2. The van der Waals surface area contributed by atoms with E-state index in [1.54, 1.807) is 47.4 Å². The highest BCUT2D eigenvalue weighted by atomic mass is 32.2. The molecule has 0 amide bonds. The summed E-state index contributed by atoms with van der Waals surface area (Å²) in [5, 5.41) is 4.87. The fourth-order valence-corrected chi connectivity index (χ4v) is 6.75. The molecule has 0 saturated carbocycles. The van der Waals surface area contributed by atoms with Crippen LogP contribution in [0, 0.1) is 18.6 Å². The lowest BCUT2D eigenvalue weighted by molar-refractivity contribution is 0.588.